The van der Waals surface area contributed by atoms with Gasteiger partial charge in [0.1, 0.15) is 17.3 Å². The Labute approximate surface area is 132 Å². The van der Waals surface area contributed by atoms with Gasteiger partial charge in [0.05, 0.1) is 18.3 Å². The van der Waals surface area contributed by atoms with E-state index in [0.29, 0.717) is 29.7 Å². The van der Waals surface area contributed by atoms with Gasteiger partial charge in [0.2, 0.25) is 0 Å². The number of hydrogen-bond acceptors (Lipinski definition) is 3. The molecule has 0 radical (unpaired) electrons. The molecule has 0 amide bonds. The fourth-order valence-corrected chi connectivity index (χ4v) is 2.87. The third kappa shape index (κ3) is 4.97. The number of thiocarbonyl (C=S) groups is 1. The first-order chi connectivity index (χ1) is 9.98. The molecule has 1 saturated carbocycles. The summed E-state index contributed by atoms with van der Waals surface area (Å²) in [5.41, 5.74) is 6.94. The second-order valence-corrected chi connectivity index (χ2v) is 6.88. The molecule has 0 saturated heterocycles. The lowest BCUT2D eigenvalue weighted by atomic mass is 9.76. The molecule has 3 nitrogen and oxygen atoms in total. The molecule has 1 aliphatic rings. The normalized spacial score (nSPS) is 18.4. The summed E-state index contributed by atoms with van der Waals surface area (Å²) in [6.07, 6.45) is 5.16. The average Bonchev–Trinajstić information content (AvgIpc) is 2.45. The first-order valence-electron chi connectivity index (χ1n) is 7.61. The van der Waals surface area contributed by atoms with Gasteiger partial charge in [-0.05, 0) is 43.2 Å². The van der Waals surface area contributed by atoms with Crippen molar-refractivity contribution in [2.24, 2.45) is 11.1 Å². The van der Waals surface area contributed by atoms with Crippen molar-refractivity contribution in [3.63, 3.8) is 0 Å². The Morgan fingerprint density at radius 3 is 2.57 bits per heavy atom. The maximum absolute atomic E-state index is 5.91. The summed E-state index contributed by atoms with van der Waals surface area (Å²) in [5.74, 6) is 0.735. The van der Waals surface area contributed by atoms with Gasteiger partial charge in [-0.2, -0.15) is 0 Å². The van der Waals surface area contributed by atoms with Crippen LogP contribution in [0.3, 0.4) is 0 Å². The SMILES string of the molecule is CC1(C)CCC(OCCOc2ccccc2C(N)=S)CC1. The zero-order valence-corrected chi connectivity index (χ0v) is 13.7. The summed E-state index contributed by atoms with van der Waals surface area (Å²) >= 11 is 5.02. The molecule has 1 aromatic rings. The predicted octanol–water partition coefficient (Wildman–Crippen LogP) is 3.69. The number of ether oxygens (including phenoxy) is 2. The van der Waals surface area contributed by atoms with Crippen LogP contribution in [0.5, 0.6) is 5.75 Å². The molecular formula is C17H25NO2S. The van der Waals surface area contributed by atoms with Gasteiger partial charge in [-0.1, -0.05) is 38.2 Å². The standard InChI is InChI=1S/C17H25NO2S/c1-17(2)9-7-13(8-10-17)19-11-12-20-15-6-4-3-5-14(15)16(18)21/h3-6,13H,7-12H2,1-2H3,(H2,18,21). The molecule has 0 aliphatic heterocycles. The lowest BCUT2D eigenvalue weighted by Crippen LogP contribution is -2.27. The third-order valence-corrected chi connectivity index (χ3v) is 4.35. The van der Waals surface area contributed by atoms with Gasteiger partial charge >= 0.3 is 0 Å². The lowest BCUT2D eigenvalue weighted by molar-refractivity contribution is -0.00733. The number of hydrogen-bond donors (Lipinski definition) is 1. The minimum absolute atomic E-state index is 0.362. The first kappa shape index (κ1) is 16.2. The lowest BCUT2D eigenvalue weighted by Gasteiger charge is -2.34. The minimum atomic E-state index is 0.362. The van der Waals surface area contributed by atoms with E-state index in [1.165, 1.54) is 12.8 Å². The molecule has 0 heterocycles. The molecule has 0 aromatic heterocycles. The van der Waals surface area contributed by atoms with Gasteiger partial charge in [-0.3, -0.25) is 0 Å². The monoisotopic (exact) mass is 307 g/mol. The van der Waals surface area contributed by atoms with E-state index in [1.807, 2.05) is 24.3 Å². The summed E-state index contributed by atoms with van der Waals surface area (Å²) in [6, 6.07) is 7.59. The number of benzene rings is 1. The van der Waals surface area contributed by atoms with Crippen molar-refractivity contribution >= 4 is 17.2 Å². The van der Waals surface area contributed by atoms with Gasteiger partial charge in [0.25, 0.3) is 0 Å². The Hall–Kier alpha value is -1.13. The Morgan fingerprint density at radius 1 is 1.24 bits per heavy atom. The van der Waals surface area contributed by atoms with Crippen LogP contribution in [0.2, 0.25) is 0 Å². The highest BCUT2D eigenvalue weighted by Crippen LogP contribution is 2.36. The highest BCUT2D eigenvalue weighted by Gasteiger charge is 2.26. The molecule has 1 aromatic carbocycles. The maximum atomic E-state index is 5.91. The van der Waals surface area contributed by atoms with Crippen molar-refractivity contribution < 1.29 is 9.47 Å². The molecule has 116 valence electrons. The number of para-hydroxylation sites is 1. The van der Waals surface area contributed by atoms with E-state index in [9.17, 15) is 0 Å². The quantitative estimate of drug-likeness (QED) is 0.643. The van der Waals surface area contributed by atoms with Crippen LogP contribution < -0.4 is 10.5 Å². The fourth-order valence-electron chi connectivity index (χ4n) is 2.70. The second kappa shape index (κ2) is 7.23. The van der Waals surface area contributed by atoms with Crippen molar-refractivity contribution in [1.82, 2.24) is 0 Å². The van der Waals surface area contributed by atoms with Crippen molar-refractivity contribution in [3.05, 3.63) is 29.8 Å². The highest BCUT2D eigenvalue weighted by atomic mass is 32.1. The molecule has 0 spiro atoms. The van der Waals surface area contributed by atoms with Gasteiger partial charge in [0.15, 0.2) is 0 Å². The van der Waals surface area contributed by atoms with E-state index in [1.54, 1.807) is 0 Å². The van der Waals surface area contributed by atoms with Crippen molar-refractivity contribution in [3.8, 4) is 5.75 Å². The Balaban J connectivity index is 1.72. The predicted molar refractivity (Wildman–Crippen MR) is 89.8 cm³/mol. The molecule has 4 heteroatoms. The van der Waals surface area contributed by atoms with E-state index in [0.717, 1.165) is 24.2 Å². The summed E-state index contributed by atoms with van der Waals surface area (Å²) in [7, 11) is 0. The van der Waals surface area contributed by atoms with Crippen LogP contribution in [-0.2, 0) is 4.74 Å². The van der Waals surface area contributed by atoms with Gasteiger partial charge < -0.3 is 15.2 Å². The van der Waals surface area contributed by atoms with Crippen molar-refractivity contribution in [1.29, 1.82) is 0 Å². The zero-order valence-electron chi connectivity index (χ0n) is 12.9. The van der Waals surface area contributed by atoms with Crippen LogP contribution in [0.1, 0.15) is 45.1 Å². The maximum Gasteiger partial charge on any atom is 0.129 e. The van der Waals surface area contributed by atoms with Crippen molar-refractivity contribution in [2.45, 2.75) is 45.6 Å². The van der Waals surface area contributed by atoms with E-state index in [2.05, 4.69) is 13.8 Å². The molecule has 21 heavy (non-hydrogen) atoms. The van der Waals surface area contributed by atoms with Gasteiger partial charge in [-0.25, -0.2) is 0 Å². The summed E-state index contributed by atoms with van der Waals surface area (Å²) in [6.45, 7) is 5.80. The van der Waals surface area contributed by atoms with Crippen LogP contribution in [-0.4, -0.2) is 24.3 Å². The van der Waals surface area contributed by atoms with E-state index < -0.39 is 0 Å². The van der Waals surface area contributed by atoms with Gasteiger partial charge in [-0.15, -0.1) is 0 Å². The van der Waals surface area contributed by atoms with Crippen LogP contribution in [0.4, 0.5) is 0 Å². The minimum Gasteiger partial charge on any atom is -0.490 e. The molecule has 1 aliphatic carbocycles. The topological polar surface area (TPSA) is 44.5 Å². The van der Waals surface area contributed by atoms with E-state index in [4.69, 9.17) is 27.4 Å². The molecule has 2 rings (SSSR count). The summed E-state index contributed by atoms with van der Waals surface area (Å²) < 4.78 is 11.6. The number of nitrogens with two attached hydrogens (primary N) is 1. The molecule has 1 fully saturated rings. The first-order valence-corrected chi connectivity index (χ1v) is 8.02. The van der Waals surface area contributed by atoms with Gasteiger partial charge in [0, 0.05) is 0 Å². The zero-order chi connectivity index (χ0) is 15.3. The van der Waals surface area contributed by atoms with E-state index in [-0.39, 0.29) is 0 Å². The molecule has 0 unspecified atom stereocenters. The summed E-state index contributed by atoms with van der Waals surface area (Å²) in [4.78, 5) is 0.362. The van der Waals surface area contributed by atoms with E-state index >= 15 is 0 Å². The van der Waals surface area contributed by atoms with Crippen LogP contribution in [0, 0.1) is 5.41 Å². The largest absolute Gasteiger partial charge is 0.490 e. The Bertz CT molecular complexity index is 477. The second-order valence-electron chi connectivity index (χ2n) is 6.44. The van der Waals surface area contributed by atoms with Crippen LogP contribution in [0.25, 0.3) is 0 Å². The average molecular weight is 307 g/mol. The smallest absolute Gasteiger partial charge is 0.129 e. The molecule has 0 bridgehead atoms. The molecular weight excluding hydrogens is 282 g/mol. The van der Waals surface area contributed by atoms with Crippen LogP contribution >= 0.6 is 12.2 Å². The fraction of sp³-hybridized carbons (Fsp3) is 0.588. The number of rotatable bonds is 6. The highest BCUT2D eigenvalue weighted by molar-refractivity contribution is 7.80. The molecule has 2 N–H and O–H groups in total. The third-order valence-electron chi connectivity index (χ3n) is 4.13. The molecule has 0 atom stereocenters. The Kier molecular flexibility index (Phi) is 5.59. The Morgan fingerprint density at radius 2 is 1.90 bits per heavy atom. The van der Waals surface area contributed by atoms with Crippen molar-refractivity contribution in [2.75, 3.05) is 13.2 Å². The van der Waals surface area contributed by atoms with Crippen LogP contribution in [0.15, 0.2) is 24.3 Å². The summed E-state index contributed by atoms with van der Waals surface area (Å²) in [5, 5.41) is 0.